The van der Waals surface area contributed by atoms with E-state index in [0.717, 1.165) is 24.3 Å². The highest BCUT2D eigenvalue weighted by atomic mass is 15.2. The summed E-state index contributed by atoms with van der Waals surface area (Å²) >= 11 is 0. The standard InChI is InChI=1S/C10H17N7/c1-16(2)4-5-17(3)9-7-6-12-15-8(7)13-10(11)14-9/h6H,4-5H2,1-3H3,(H3,11,12,13,14,15). The third-order valence-electron chi connectivity index (χ3n) is 2.55. The van der Waals surface area contributed by atoms with Gasteiger partial charge in [0, 0.05) is 20.1 Å². The van der Waals surface area contributed by atoms with E-state index in [9.17, 15) is 0 Å². The number of hydrogen-bond donors (Lipinski definition) is 2. The average Bonchev–Trinajstić information content (AvgIpc) is 2.72. The van der Waals surface area contributed by atoms with Crippen LogP contribution in [0.2, 0.25) is 0 Å². The molecule has 3 N–H and O–H groups in total. The van der Waals surface area contributed by atoms with Crippen LogP contribution in [0.25, 0.3) is 11.0 Å². The summed E-state index contributed by atoms with van der Waals surface area (Å²) in [5, 5.41) is 7.65. The summed E-state index contributed by atoms with van der Waals surface area (Å²) in [6.07, 6.45) is 1.72. The third-order valence-corrected chi connectivity index (χ3v) is 2.55. The van der Waals surface area contributed by atoms with Crippen molar-refractivity contribution in [3.05, 3.63) is 6.20 Å². The topological polar surface area (TPSA) is 87.0 Å². The van der Waals surface area contributed by atoms with E-state index >= 15 is 0 Å². The van der Waals surface area contributed by atoms with E-state index in [2.05, 4.69) is 30.0 Å². The third kappa shape index (κ3) is 2.44. The molecule has 0 atom stereocenters. The van der Waals surface area contributed by atoms with Crippen LogP contribution in [-0.2, 0) is 0 Å². The SMILES string of the molecule is CN(C)CCN(C)c1nc(N)nc2[nH]ncc12. The van der Waals surface area contributed by atoms with Crippen LogP contribution in [0.3, 0.4) is 0 Å². The van der Waals surface area contributed by atoms with Crippen LogP contribution >= 0.6 is 0 Å². The van der Waals surface area contributed by atoms with Crippen LogP contribution in [0.1, 0.15) is 0 Å². The number of aromatic amines is 1. The van der Waals surface area contributed by atoms with Crippen LogP contribution in [0, 0.1) is 0 Å². The molecule has 2 aromatic rings. The van der Waals surface area contributed by atoms with Crippen molar-refractivity contribution < 1.29 is 0 Å². The molecule has 0 aromatic carbocycles. The molecule has 0 unspecified atom stereocenters. The Morgan fingerprint density at radius 2 is 2.00 bits per heavy atom. The molecule has 7 nitrogen and oxygen atoms in total. The highest BCUT2D eigenvalue weighted by Crippen LogP contribution is 2.21. The zero-order valence-electron chi connectivity index (χ0n) is 10.3. The van der Waals surface area contributed by atoms with E-state index in [1.165, 1.54) is 0 Å². The average molecular weight is 235 g/mol. The van der Waals surface area contributed by atoms with Crippen molar-refractivity contribution in [3.8, 4) is 0 Å². The molecule has 0 spiro atoms. The number of likely N-dealkylation sites (N-methyl/N-ethyl adjacent to an activating group) is 2. The number of anilines is 2. The van der Waals surface area contributed by atoms with Crippen molar-refractivity contribution in [3.63, 3.8) is 0 Å². The molecular weight excluding hydrogens is 218 g/mol. The Bertz CT molecular complexity index is 504. The number of H-pyrrole nitrogens is 1. The van der Waals surface area contributed by atoms with E-state index in [4.69, 9.17) is 5.73 Å². The van der Waals surface area contributed by atoms with Gasteiger partial charge in [-0.05, 0) is 14.1 Å². The van der Waals surface area contributed by atoms with Crippen LogP contribution in [0.15, 0.2) is 6.20 Å². The van der Waals surface area contributed by atoms with Gasteiger partial charge in [0.05, 0.1) is 11.6 Å². The molecule has 0 amide bonds. The predicted molar refractivity (Wildman–Crippen MR) is 67.9 cm³/mol. The van der Waals surface area contributed by atoms with Crippen molar-refractivity contribution in [1.29, 1.82) is 0 Å². The van der Waals surface area contributed by atoms with Gasteiger partial charge in [-0.2, -0.15) is 15.1 Å². The summed E-state index contributed by atoms with van der Waals surface area (Å²) in [5.74, 6) is 1.07. The summed E-state index contributed by atoms with van der Waals surface area (Å²) in [6, 6.07) is 0. The molecular formula is C10H17N7. The molecule has 0 aliphatic heterocycles. The molecule has 0 radical (unpaired) electrons. The number of nitrogens with two attached hydrogens (primary N) is 1. The number of nitrogens with zero attached hydrogens (tertiary/aromatic N) is 5. The minimum atomic E-state index is 0.258. The number of fused-ring (bicyclic) bond motifs is 1. The fourth-order valence-corrected chi connectivity index (χ4v) is 1.58. The lowest BCUT2D eigenvalue weighted by Crippen LogP contribution is -2.29. The molecule has 0 saturated carbocycles. The van der Waals surface area contributed by atoms with Crippen LogP contribution in [-0.4, -0.2) is 59.3 Å². The lowest BCUT2D eigenvalue weighted by atomic mass is 10.3. The fourth-order valence-electron chi connectivity index (χ4n) is 1.58. The van der Waals surface area contributed by atoms with Crippen molar-refractivity contribution in [2.24, 2.45) is 0 Å². The fraction of sp³-hybridized carbons (Fsp3) is 0.500. The number of rotatable bonds is 4. The van der Waals surface area contributed by atoms with E-state index in [0.29, 0.717) is 5.65 Å². The Morgan fingerprint density at radius 1 is 1.24 bits per heavy atom. The zero-order chi connectivity index (χ0) is 12.4. The normalized spacial score (nSPS) is 11.3. The minimum absolute atomic E-state index is 0.258. The molecule has 0 aliphatic rings. The monoisotopic (exact) mass is 235 g/mol. The van der Waals surface area contributed by atoms with Gasteiger partial charge in [-0.1, -0.05) is 0 Å². The van der Waals surface area contributed by atoms with E-state index in [-0.39, 0.29) is 5.95 Å². The zero-order valence-corrected chi connectivity index (χ0v) is 10.3. The van der Waals surface area contributed by atoms with E-state index < -0.39 is 0 Å². The summed E-state index contributed by atoms with van der Waals surface area (Å²) in [6.45, 7) is 1.81. The predicted octanol–water partition coefficient (Wildman–Crippen LogP) is -0.0671. The number of aromatic nitrogens is 4. The van der Waals surface area contributed by atoms with Crippen LogP contribution in [0.5, 0.6) is 0 Å². The summed E-state index contributed by atoms with van der Waals surface area (Å²) < 4.78 is 0. The van der Waals surface area contributed by atoms with E-state index in [1.54, 1.807) is 6.20 Å². The molecule has 92 valence electrons. The second kappa shape index (κ2) is 4.54. The Labute approximate surface area is 99.6 Å². The largest absolute Gasteiger partial charge is 0.368 e. The Hall–Kier alpha value is -1.89. The molecule has 0 fully saturated rings. The molecule has 0 saturated heterocycles. The quantitative estimate of drug-likeness (QED) is 0.771. The molecule has 2 rings (SSSR count). The Balaban J connectivity index is 2.30. The van der Waals surface area contributed by atoms with Crippen molar-refractivity contribution in [2.75, 3.05) is 44.9 Å². The maximum atomic E-state index is 5.67. The number of hydrogen-bond acceptors (Lipinski definition) is 6. The maximum absolute atomic E-state index is 5.67. The van der Waals surface area contributed by atoms with Crippen molar-refractivity contribution >= 4 is 22.8 Å². The van der Waals surface area contributed by atoms with Gasteiger partial charge in [0.25, 0.3) is 0 Å². The summed E-state index contributed by atoms with van der Waals surface area (Å²) in [4.78, 5) is 12.5. The van der Waals surface area contributed by atoms with Gasteiger partial charge in [0.15, 0.2) is 5.65 Å². The lowest BCUT2D eigenvalue weighted by molar-refractivity contribution is 0.416. The number of nitrogen functional groups attached to an aromatic ring is 1. The van der Waals surface area contributed by atoms with Crippen molar-refractivity contribution in [1.82, 2.24) is 25.1 Å². The number of nitrogens with one attached hydrogen (secondary N) is 1. The van der Waals surface area contributed by atoms with E-state index in [1.807, 2.05) is 21.1 Å². The molecule has 0 bridgehead atoms. The Morgan fingerprint density at radius 3 is 2.71 bits per heavy atom. The molecule has 2 heterocycles. The molecule has 0 aliphatic carbocycles. The highest BCUT2D eigenvalue weighted by Gasteiger charge is 2.11. The minimum Gasteiger partial charge on any atom is -0.368 e. The van der Waals surface area contributed by atoms with Gasteiger partial charge in [-0.3, -0.25) is 5.10 Å². The molecule has 17 heavy (non-hydrogen) atoms. The van der Waals surface area contributed by atoms with Crippen LogP contribution in [0.4, 0.5) is 11.8 Å². The first-order valence-corrected chi connectivity index (χ1v) is 5.40. The van der Waals surface area contributed by atoms with Gasteiger partial charge < -0.3 is 15.5 Å². The first kappa shape index (κ1) is 11.6. The maximum Gasteiger partial charge on any atom is 0.224 e. The molecule has 2 aromatic heterocycles. The summed E-state index contributed by atoms with van der Waals surface area (Å²) in [7, 11) is 6.06. The van der Waals surface area contributed by atoms with Gasteiger partial charge in [-0.15, -0.1) is 0 Å². The molecule has 7 heteroatoms. The van der Waals surface area contributed by atoms with Crippen molar-refractivity contribution in [2.45, 2.75) is 0 Å². The van der Waals surface area contributed by atoms with Gasteiger partial charge in [0.1, 0.15) is 5.82 Å². The first-order valence-electron chi connectivity index (χ1n) is 5.40. The smallest absolute Gasteiger partial charge is 0.224 e. The second-order valence-electron chi connectivity index (χ2n) is 4.26. The first-order chi connectivity index (χ1) is 8.08. The van der Waals surface area contributed by atoms with Crippen LogP contribution < -0.4 is 10.6 Å². The van der Waals surface area contributed by atoms with Gasteiger partial charge in [0.2, 0.25) is 5.95 Å². The van der Waals surface area contributed by atoms with Gasteiger partial charge in [-0.25, -0.2) is 0 Å². The highest BCUT2D eigenvalue weighted by molar-refractivity contribution is 5.87. The summed E-state index contributed by atoms with van der Waals surface area (Å²) in [5.41, 5.74) is 6.34. The van der Waals surface area contributed by atoms with Gasteiger partial charge >= 0.3 is 0 Å². The second-order valence-corrected chi connectivity index (χ2v) is 4.26. The Kier molecular flexibility index (Phi) is 3.10. The lowest BCUT2D eigenvalue weighted by Gasteiger charge is -2.21.